The molecule has 104 valence electrons. The second-order valence-electron chi connectivity index (χ2n) is 4.42. The van der Waals surface area contributed by atoms with E-state index in [-0.39, 0.29) is 12.3 Å². The van der Waals surface area contributed by atoms with Gasteiger partial charge in [-0.2, -0.15) is 0 Å². The molecule has 5 nitrogen and oxygen atoms in total. The van der Waals surface area contributed by atoms with Gasteiger partial charge in [-0.25, -0.2) is 4.79 Å². The van der Waals surface area contributed by atoms with Crippen molar-refractivity contribution >= 4 is 11.9 Å². The number of aryl methyl sites for hydroxylation is 1. The van der Waals surface area contributed by atoms with E-state index < -0.39 is 12.0 Å². The number of aromatic nitrogens is 1. The van der Waals surface area contributed by atoms with Crippen LogP contribution in [0.2, 0.25) is 0 Å². The Morgan fingerprint density at radius 3 is 2.79 bits per heavy atom. The number of carbonyl (C=O) groups excluding carboxylic acids is 1. The van der Waals surface area contributed by atoms with Crippen LogP contribution in [-0.4, -0.2) is 28.0 Å². The van der Waals surface area contributed by atoms with Crippen LogP contribution in [-0.2, 0) is 16.0 Å². The number of hydrogen-bond donors (Lipinski definition) is 2. The molecule has 1 aromatic rings. The summed E-state index contributed by atoms with van der Waals surface area (Å²) in [6.07, 6.45) is 4.63. The van der Waals surface area contributed by atoms with Crippen molar-refractivity contribution in [3.05, 3.63) is 30.1 Å². The van der Waals surface area contributed by atoms with Gasteiger partial charge >= 0.3 is 5.97 Å². The van der Waals surface area contributed by atoms with Crippen molar-refractivity contribution in [2.45, 2.75) is 45.1 Å². The predicted octanol–water partition coefficient (Wildman–Crippen LogP) is 1.77. The Labute approximate surface area is 113 Å². The maximum absolute atomic E-state index is 11.7. The number of carbonyl (C=O) groups is 2. The molecule has 0 fully saturated rings. The fourth-order valence-corrected chi connectivity index (χ4v) is 1.72. The van der Waals surface area contributed by atoms with Crippen molar-refractivity contribution in [2.24, 2.45) is 0 Å². The molecule has 1 heterocycles. The van der Waals surface area contributed by atoms with Crippen molar-refractivity contribution in [2.75, 3.05) is 0 Å². The predicted molar refractivity (Wildman–Crippen MR) is 71.6 cm³/mol. The lowest BCUT2D eigenvalue weighted by Gasteiger charge is -2.13. The minimum absolute atomic E-state index is 0.242. The SMILES string of the molecule is CCCC[C@H](NC(=O)CCc1ccccn1)C(=O)O. The number of amides is 1. The highest BCUT2D eigenvalue weighted by Crippen LogP contribution is 2.03. The molecule has 0 saturated heterocycles. The monoisotopic (exact) mass is 264 g/mol. The van der Waals surface area contributed by atoms with E-state index >= 15 is 0 Å². The van der Waals surface area contributed by atoms with Gasteiger partial charge < -0.3 is 10.4 Å². The molecule has 1 atom stereocenters. The Morgan fingerprint density at radius 1 is 1.42 bits per heavy atom. The summed E-state index contributed by atoms with van der Waals surface area (Å²) < 4.78 is 0. The third-order valence-corrected chi connectivity index (χ3v) is 2.81. The summed E-state index contributed by atoms with van der Waals surface area (Å²) in [5.74, 6) is -1.21. The normalized spacial score (nSPS) is 11.8. The summed E-state index contributed by atoms with van der Waals surface area (Å²) in [6, 6.07) is 4.74. The van der Waals surface area contributed by atoms with E-state index in [4.69, 9.17) is 5.11 Å². The van der Waals surface area contributed by atoms with E-state index in [1.54, 1.807) is 6.20 Å². The first kappa shape index (κ1) is 15.1. The van der Waals surface area contributed by atoms with Crippen LogP contribution in [0.5, 0.6) is 0 Å². The third-order valence-electron chi connectivity index (χ3n) is 2.81. The van der Waals surface area contributed by atoms with Gasteiger partial charge in [0.05, 0.1) is 0 Å². The van der Waals surface area contributed by atoms with Crippen molar-refractivity contribution in [3.8, 4) is 0 Å². The van der Waals surface area contributed by atoms with Gasteiger partial charge in [0.2, 0.25) is 5.91 Å². The molecule has 2 N–H and O–H groups in total. The average molecular weight is 264 g/mol. The molecule has 0 unspecified atom stereocenters. The lowest BCUT2D eigenvalue weighted by Crippen LogP contribution is -2.40. The van der Waals surface area contributed by atoms with Crippen molar-refractivity contribution in [3.63, 3.8) is 0 Å². The second kappa shape index (κ2) is 8.24. The Morgan fingerprint density at radius 2 is 2.21 bits per heavy atom. The zero-order valence-electron chi connectivity index (χ0n) is 11.1. The molecule has 0 bridgehead atoms. The first-order valence-corrected chi connectivity index (χ1v) is 6.55. The zero-order chi connectivity index (χ0) is 14.1. The summed E-state index contributed by atoms with van der Waals surface area (Å²) in [4.78, 5) is 26.8. The zero-order valence-corrected chi connectivity index (χ0v) is 11.1. The molecule has 19 heavy (non-hydrogen) atoms. The van der Waals surface area contributed by atoms with Crippen LogP contribution in [0, 0.1) is 0 Å². The van der Waals surface area contributed by atoms with Crippen molar-refractivity contribution < 1.29 is 14.7 Å². The van der Waals surface area contributed by atoms with E-state index in [1.165, 1.54) is 0 Å². The molecule has 0 saturated carbocycles. The molecular weight excluding hydrogens is 244 g/mol. The largest absolute Gasteiger partial charge is 0.480 e. The number of nitrogens with zero attached hydrogens (tertiary/aromatic N) is 1. The number of carboxylic acids is 1. The Balaban J connectivity index is 2.38. The lowest BCUT2D eigenvalue weighted by atomic mass is 10.1. The Hall–Kier alpha value is -1.91. The molecule has 0 radical (unpaired) electrons. The summed E-state index contributed by atoms with van der Waals surface area (Å²) >= 11 is 0. The second-order valence-corrected chi connectivity index (χ2v) is 4.42. The van der Waals surface area contributed by atoms with Crippen LogP contribution in [0.25, 0.3) is 0 Å². The minimum Gasteiger partial charge on any atom is -0.480 e. The molecule has 1 aromatic heterocycles. The molecular formula is C14H20N2O3. The number of rotatable bonds is 8. The van der Waals surface area contributed by atoms with Gasteiger partial charge in [-0.05, 0) is 25.0 Å². The molecule has 1 amide bonds. The molecule has 0 aliphatic heterocycles. The van der Waals surface area contributed by atoms with Crippen LogP contribution in [0.3, 0.4) is 0 Å². The van der Waals surface area contributed by atoms with Gasteiger partial charge in [0.25, 0.3) is 0 Å². The van der Waals surface area contributed by atoms with Crippen LogP contribution < -0.4 is 5.32 Å². The fraction of sp³-hybridized carbons (Fsp3) is 0.500. The molecule has 0 aromatic carbocycles. The summed E-state index contributed by atoms with van der Waals surface area (Å²) in [5.41, 5.74) is 0.832. The van der Waals surface area contributed by atoms with Crippen LogP contribution in [0.15, 0.2) is 24.4 Å². The van der Waals surface area contributed by atoms with Crippen molar-refractivity contribution in [1.29, 1.82) is 0 Å². The van der Waals surface area contributed by atoms with Gasteiger partial charge in [0.1, 0.15) is 6.04 Å². The molecule has 0 spiro atoms. The maximum atomic E-state index is 11.7. The first-order chi connectivity index (χ1) is 9.13. The fourth-order valence-electron chi connectivity index (χ4n) is 1.72. The van der Waals surface area contributed by atoms with E-state index in [0.29, 0.717) is 12.8 Å². The smallest absolute Gasteiger partial charge is 0.326 e. The van der Waals surface area contributed by atoms with Crippen LogP contribution >= 0.6 is 0 Å². The van der Waals surface area contributed by atoms with Gasteiger partial charge in [-0.3, -0.25) is 9.78 Å². The number of aliphatic carboxylic acids is 1. The highest BCUT2D eigenvalue weighted by atomic mass is 16.4. The highest BCUT2D eigenvalue weighted by Gasteiger charge is 2.18. The Kier molecular flexibility index (Phi) is 6.57. The first-order valence-electron chi connectivity index (χ1n) is 6.55. The average Bonchev–Trinajstić information content (AvgIpc) is 2.42. The van der Waals surface area contributed by atoms with Crippen molar-refractivity contribution in [1.82, 2.24) is 10.3 Å². The van der Waals surface area contributed by atoms with Gasteiger partial charge in [-0.15, -0.1) is 0 Å². The lowest BCUT2D eigenvalue weighted by molar-refractivity contribution is -0.142. The molecule has 0 aliphatic rings. The van der Waals surface area contributed by atoms with E-state index in [9.17, 15) is 9.59 Å². The van der Waals surface area contributed by atoms with Gasteiger partial charge in [0.15, 0.2) is 0 Å². The number of carboxylic acid groups (broad SMARTS) is 1. The summed E-state index contributed by atoms with van der Waals surface area (Å²) in [7, 11) is 0. The van der Waals surface area contributed by atoms with Crippen LogP contribution in [0.1, 0.15) is 38.3 Å². The van der Waals surface area contributed by atoms with Gasteiger partial charge in [-0.1, -0.05) is 25.8 Å². The minimum atomic E-state index is -0.973. The number of hydrogen-bond acceptors (Lipinski definition) is 3. The molecule has 5 heteroatoms. The number of unbranched alkanes of at least 4 members (excludes halogenated alkanes) is 1. The standard InChI is InChI=1S/C14H20N2O3/c1-2-3-7-12(14(18)19)16-13(17)9-8-11-6-4-5-10-15-11/h4-6,10,12H,2-3,7-9H2,1H3,(H,16,17)(H,18,19)/t12-/m0/s1. The summed E-state index contributed by atoms with van der Waals surface area (Å²) in [5, 5.41) is 11.6. The number of nitrogens with one attached hydrogen (secondary N) is 1. The van der Waals surface area contributed by atoms with Gasteiger partial charge in [0, 0.05) is 18.3 Å². The van der Waals surface area contributed by atoms with E-state index in [2.05, 4.69) is 10.3 Å². The quantitative estimate of drug-likeness (QED) is 0.750. The highest BCUT2D eigenvalue weighted by molar-refractivity contribution is 5.83. The third kappa shape index (κ3) is 5.99. The maximum Gasteiger partial charge on any atom is 0.326 e. The van der Waals surface area contributed by atoms with E-state index in [0.717, 1.165) is 18.5 Å². The summed E-state index contributed by atoms with van der Waals surface area (Å²) in [6.45, 7) is 1.99. The van der Waals surface area contributed by atoms with Crippen LogP contribution in [0.4, 0.5) is 0 Å². The number of pyridine rings is 1. The molecule has 0 aliphatic carbocycles. The Bertz CT molecular complexity index is 406. The molecule has 1 rings (SSSR count). The topological polar surface area (TPSA) is 79.3 Å². The van der Waals surface area contributed by atoms with E-state index in [1.807, 2.05) is 25.1 Å².